The number of nitriles is 1. The van der Waals surface area contributed by atoms with Crippen LogP contribution in [0.4, 0.5) is 0 Å². The molecule has 0 aliphatic carbocycles. The van der Waals surface area contributed by atoms with E-state index in [0.717, 1.165) is 12.0 Å². The highest BCUT2D eigenvalue weighted by atomic mass is 16.2. The van der Waals surface area contributed by atoms with Crippen LogP contribution < -0.4 is 0 Å². The smallest absolute Gasteiger partial charge is 0.244 e. The van der Waals surface area contributed by atoms with Gasteiger partial charge in [0.2, 0.25) is 5.91 Å². The van der Waals surface area contributed by atoms with Crippen molar-refractivity contribution in [2.45, 2.75) is 19.3 Å². The number of benzene rings is 1. The molecule has 1 aromatic rings. The van der Waals surface area contributed by atoms with Crippen molar-refractivity contribution in [1.82, 2.24) is 4.90 Å². The summed E-state index contributed by atoms with van der Waals surface area (Å²) in [4.78, 5) is 13.6. The molecule has 0 heterocycles. The van der Waals surface area contributed by atoms with E-state index in [4.69, 9.17) is 5.26 Å². The van der Waals surface area contributed by atoms with Gasteiger partial charge in [-0.1, -0.05) is 37.3 Å². The largest absolute Gasteiger partial charge is 0.344 e. The van der Waals surface area contributed by atoms with Gasteiger partial charge in [0, 0.05) is 13.6 Å². The van der Waals surface area contributed by atoms with Gasteiger partial charge in [0.05, 0.1) is 6.07 Å². The van der Waals surface area contributed by atoms with Gasteiger partial charge in [0.25, 0.3) is 0 Å². The van der Waals surface area contributed by atoms with E-state index in [0.29, 0.717) is 6.54 Å². The van der Waals surface area contributed by atoms with E-state index < -0.39 is 5.92 Å². The van der Waals surface area contributed by atoms with Crippen LogP contribution in [0.5, 0.6) is 0 Å². The van der Waals surface area contributed by atoms with Crippen molar-refractivity contribution < 1.29 is 4.79 Å². The van der Waals surface area contributed by atoms with Crippen LogP contribution in [0.2, 0.25) is 0 Å². The lowest BCUT2D eigenvalue weighted by atomic mass is 9.99. The van der Waals surface area contributed by atoms with Crippen molar-refractivity contribution in [2.24, 2.45) is 0 Å². The van der Waals surface area contributed by atoms with Crippen LogP contribution in [0.3, 0.4) is 0 Å². The molecule has 1 rings (SSSR count). The first-order valence-corrected chi connectivity index (χ1v) is 5.40. The second kappa shape index (κ2) is 5.92. The van der Waals surface area contributed by atoms with Crippen LogP contribution in [0.15, 0.2) is 30.3 Å². The molecule has 0 spiro atoms. The van der Waals surface area contributed by atoms with Crippen molar-refractivity contribution in [2.75, 3.05) is 13.6 Å². The van der Waals surface area contributed by atoms with Crippen LogP contribution in [0, 0.1) is 11.3 Å². The summed E-state index contributed by atoms with van der Waals surface area (Å²) in [6, 6.07) is 11.2. The number of amides is 1. The molecule has 3 nitrogen and oxygen atoms in total. The Morgan fingerprint density at radius 3 is 2.56 bits per heavy atom. The molecule has 0 aliphatic heterocycles. The molecule has 0 N–H and O–H groups in total. The van der Waals surface area contributed by atoms with Gasteiger partial charge in [-0.25, -0.2) is 0 Å². The summed E-state index contributed by atoms with van der Waals surface area (Å²) < 4.78 is 0. The van der Waals surface area contributed by atoms with Crippen LogP contribution in [-0.2, 0) is 4.79 Å². The summed E-state index contributed by atoms with van der Waals surface area (Å²) in [5.41, 5.74) is 0.762. The van der Waals surface area contributed by atoms with Gasteiger partial charge >= 0.3 is 0 Å². The average molecular weight is 216 g/mol. The maximum absolute atomic E-state index is 12.0. The molecule has 0 fully saturated rings. The van der Waals surface area contributed by atoms with E-state index in [9.17, 15) is 4.79 Å². The molecule has 1 unspecified atom stereocenters. The van der Waals surface area contributed by atoms with E-state index in [1.165, 1.54) is 0 Å². The maximum atomic E-state index is 12.0. The van der Waals surface area contributed by atoms with E-state index in [1.54, 1.807) is 11.9 Å². The van der Waals surface area contributed by atoms with E-state index in [-0.39, 0.29) is 5.91 Å². The van der Waals surface area contributed by atoms with Gasteiger partial charge in [-0.05, 0) is 12.0 Å². The predicted octanol–water partition coefficient (Wildman–Crippen LogP) is 2.16. The molecule has 0 aromatic heterocycles. The Morgan fingerprint density at radius 1 is 1.44 bits per heavy atom. The third-order valence-corrected chi connectivity index (χ3v) is 2.44. The zero-order valence-electron chi connectivity index (χ0n) is 9.68. The Balaban J connectivity index is 2.84. The molecular weight excluding hydrogens is 200 g/mol. The second-order valence-electron chi connectivity index (χ2n) is 3.73. The molecule has 16 heavy (non-hydrogen) atoms. The van der Waals surface area contributed by atoms with Crippen LogP contribution in [-0.4, -0.2) is 24.4 Å². The summed E-state index contributed by atoms with van der Waals surface area (Å²) in [6.07, 6.45) is 0.898. The summed E-state index contributed by atoms with van der Waals surface area (Å²) in [7, 11) is 1.74. The average Bonchev–Trinajstić information content (AvgIpc) is 2.31. The lowest BCUT2D eigenvalue weighted by Crippen LogP contribution is -2.31. The van der Waals surface area contributed by atoms with Crippen molar-refractivity contribution in [3.63, 3.8) is 0 Å². The topological polar surface area (TPSA) is 44.1 Å². The maximum Gasteiger partial charge on any atom is 0.244 e. The lowest BCUT2D eigenvalue weighted by Gasteiger charge is -2.19. The van der Waals surface area contributed by atoms with Gasteiger partial charge in [0.1, 0.15) is 5.92 Å². The Kier molecular flexibility index (Phi) is 4.53. The normalized spacial score (nSPS) is 11.6. The molecule has 0 aliphatic rings. The fourth-order valence-corrected chi connectivity index (χ4v) is 1.58. The molecule has 0 saturated heterocycles. The molecule has 84 valence electrons. The Bertz CT molecular complexity index is 381. The number of carbonyl (C=O) groups excluding carboxylic acids is 1. The molecule has 1 amide bonds. The quantitative estimate of drug-likeness (QED) is 0.774. The first kappa shape index (κ1) is 12.3. The summed E-state index contributed by atoms with van der Waals surface area (Å²) >= 11 is 0. The number of hydrogen-bond donors (Lipinski definition) is 0. The molecule has 0 bridgehead atoms. The van der Waals surface area contributed by atoms with Crippen molar-refractivity contribution >= 4 is 5.91 Å². The Hall–Kier alpha value is -1.82. The van der Waals surface area contributed by atoms with Crippen molar-refractivity contribution in [3.05, 3.63) is 35.9 Å². The zero-order chi connectivity index (χ0) is 12.0. The Morgan fingerprint density at radius 2 is 2.06 bits per heavy atom. The summed E-state index contributed by atoms with van der Waals surface area (Å²) in [5, 5.41) is 9.07. The molecular formula is C13H16N2O. The van der Waals surface area contributed by atoms with Gasteiger partial charge in [0.15, 0.2) is 0 Å². The SMILES string of the molecule is CCCN(C)C(=O)C(C#N)c1ccccc1. The second-order valence-corrected chi connectivity index (χ2v) is 3.73. The lowest BCUT2D eigenvalue weighted by molar-refractivity contribution is -0.130. The number of hydrogen-bond acceptors (Lipinski definition) is 2. The number of rotatable bonds is 4. The highest BCUT2D eigenvalue weighted by Gasteiger charge is 2.22. The summed E-state index contributed by atoms with van der Waals surface area (Å²) in [5.74, 6) is -0.812. The predicted molar refractivity (Wildman–Crippen MR) is 62.7 cm³/mol. The fraction of sp³-hybridized carbons (Fsp3) is 0.385. The molecule has 0 saturated carbocycles. The van der Waals surface area contributed by atoms with Gasteiger partial charge < -0.3 is 4.90 Å². The van der Waals surface area contributed by atoms with Gasteiger partial charge in [-0.2, -0.15) is 5.26 Å². The minimum absolute atomic E-state index is 0.129. The summed E-state index contributed by atoms with van der Waals surface area (Å²) in [6.45, 7) is 2.69. The van der Waals surface area contributed by atoms with Crippen molar-refractivity contribution in [1.29, 1.82) is 5.26 Å². The Labute approximate surface area is 96.3 Å². The number of carbonyl (C=O) groups is 1. The molecule has 1 aromatic carbocycles. The highest BCUT2D eigenvalue weighted by molar-refractivity contribution is 5.86. The minimum atomic E-state index is -0.683. The molecule has 0 radical (unpaired) electrons. The third-order valence-electron chi connectivity index (χ3n) is 2.44. The standard InChI is InChI=1S/C13H16N2O/c1-3-9-15(2)13(16)12(10-14)11-7-5-4-6-8-11/h4-8,12H,3,9H2,1-2H3. The number of likely N-dealkylation sites (N-methyl/N-ethyl adjacent to an activating group) is 1. The number of nitrogens with zero attached hydrogens (tertiary/aromatic N) is 2. The van der Waals surface area contributed by atoms with Crippen LogP contribution in [0.25, 0.3) is 0 Å². The van der Waals surface area contributed by atoms with E-state index in [1.807, 2.05) is 37.3 Å². The first-order valence-electron chi connectivity index (χ1n) is 5.40. The highest BCUT2D eigenvalue weighted by Crippen LogP contribution is 2.16. The fourth-order valence-electron chi connectivity index (χ4n) is 1.58. The van der Waals surface area contributed by atoms with Crippen LogP contribution in [0.1, 0.15) is 24.8 Å². The van der Waals surface area contributed by atoms with Gasteiger partial charge in [-0.3, -0.25) is 4.79 Å². The first-order chi connectivity index (χ1) is 7.70. The third kappa shape index (κ3) is 2.83. The molecule has 3 heteroatoms. The van der Waals surface area contributed by atoms with Crippen molar-refractivity contribution in [3.8, 4) is 6.07 Å². The van der Waals surface area contributed by atoms with Crippen LogP contribution >= 0.6 is 0 Å². The zero-order valence-corrected chi connectivity index (χ0v) is 9.68. The van der Waals surface area contributed by atoms with Gasteiger partial charge in [-0.15, -0.1) is 0 Å². The van der Waals surface area contributed by atoms with E-state index >= 15 is 0 Å². The molecule has 1 atom stereocenters. The monoisotopic (exact) mass is 216 g/mol. The minimum Gasteiger partial charge on any atom is -0.344 e. The van der Waals surface area contributed by atoms with E-state index in [2.05, 4.69) is 6.07 Å².